The molecule has 0 N–H and O–H groups in total. The fourth-order valence-corrected chi connectivity index (χ4v) is 3.72. The molecular weight excluding hydrogens is 371 g/mol. The van der Waals surface area contributed by atoms with Crippen LogP contribution in [0.25, 0.3) is 16.8 Å². The fourth-order valence-electron chi connectivity index (χ4n) is 3.72. The molecule has 4 heterocycles. The van der Waals surface area contributed by atoms with Crippen LogP contribution < -0.4 is 0 Å². The first-order chi connectivity index (χ1) is 13.8. The van der Waals surface area contributed by atoms with Crippen molar-refractivity contribution in [3.05, 3.63) is 54.2 Å². The summed E-state index contributed by atoms with van der Waals surface area (Å²) in [6.45, 7) is 6.53. The van der Waals surface area contributed by atoms with Gasteiger partial charge in [-0.3, -0.25) is 0 Å². The third kappa shape index (κ3) is 4.09. The highest BCUT2D eigenvalue weighted by Gasteiger charge is 2.30. The highest BCUT2D eigenvalue weighted by molar-refractivity contribution is 5.77. The monoisotopic (exact) mass is 396 g/mol. The van der Waals surface area contributed by atoms with E-state index in [1.807, 2.05) is 45.2 Å². The zero-order chi connectivity index (χ0) is 20.6. The first-order valence-electron chi connectivity index (χ1n) is 9.89. The maximum absolute atomic E-state index is 14.7. The van der Waals surface area contributed by atoms with Gasteiger partial charge in [-0.25, -0.2) is 18.7 Å². The number of carbonyl (C=O) groups excluding carboxylic acids is 1. The molecule has 0 spiro atoms. The van der Waals surface area contributed by atoms with Crippen LogP contribution >= 0.6 is 0 Å². The number of amides is 1. The Bertz CT molecular complexity index is 1040. The molecule has 1 aliphatic heterocycles. The van der Waals surface area contributed by atoms with Crippen LogP contribution in [0.2, 0.25) is 0 Å². The number of likely N-dealkylation sites (tertiary alicyclic amines) is 1. The molecule has 3 aromatic rings. The molecule has 1 atom stereocenters. The topological polar surface area (TPSA) is 59.7 Å². The van der Waals surface area contributed by atoms with Crippen molar-refractivity contribution in [1.29, 1.82) is 0 Å². The van der Waals surface area contributed by atoms with Crippen LogP contribution in [0.1, 0.15) is 45.2 Å². The molecular formula is C22H25FN4O2. The van der Waals surface area contributed by atoms with E-state index in [4.69, 9.17) is 4.74 Å². The number of nitrogens with zero attached hydrogens (tertiary/aromatic N) is 4. The summed E-state index contributed by atoms with van der Waals surface area (Å²) in [5.74, 6) is -0.515. The van der Waals surface area contributed by atoms with E-state index in [1.165, 1.54) is 6.07 Å². The molecule has 0 saturated carbocycles. The van der Waals surface area contributed by atoms with Crippen molar-refractivity contribution < 1.29 is 13.9 Å². The summed E-state index contributed by atoms with van der Waals surface area (Å²) in [7, 11) is 0. The second-order valence-corrected chi connectivity index (χ2v) is 8.42. The van der Waals surface area contributed by atoms with Gasteiger partial charge >= 0.3 is 6.09 Å². The second kappa shape index (κ2) is 7.46. The quantitative estimate of drug-likeness (QED) is 0.633. The lowest BCUT2D eigenvalue weighted by atomic mass is 9.93. The van der Waals surface area contributed by atoms with Crippen LogP contribution in [-0.2, 0) is 4.74 Å². The zero-order valence-electron chi connectivity index (χ0n) is 16.9. The summed E-state index contributed by atoms with van der Waals surface area (Å²) < 4.78 is 21.9. The van der Waals surface area contributed by atoms with Crippen molar-refractivity contribution in [2.45, 2.75) is 45.1 Å². The second-order valence-electron chi connectivity index (χ2n) is 8.42. The smallest absolute Gasteiger partial charge is 0.410 e. The van der Waals surface area contributed by atoms with Gasteiger partial charge in [0.05, 0.1) is 23.1 Å². The third-order valence-electron chi connectivity index (χ3n) is 5.04. The molecule has 1 aliphatic rings. The lowest BCUT2D eigenvalue weighted by Gasteiger charge is -2.34. The number of carbonyl (C=O) groups is 1. The number of hydrogen-bond acceptors (Lipinski definition) is 4. The molecule has 4 rings (SSSR count). The van der Waals surface area contributed by atoms with Gasteiger partial charge in [-0.05, 0) is 57.9 Å². The summed E-state index contributed by atoms with van der Waals surface area (Å²) in [5, 5.41) is 4.34. The number of hydrogen-bond donors (Lipinski definition) is 0. The molecule has 0 bridgehead atoms. The lowest BCUT2D eigenvalue weighted by Crippen LogP contribution is -2.42. The SMILES string of the molecule is CC(C)(C)OC(=O)N1CCCC(c2nc(-c3cnn4ccccc34)ccc2F)C1. The summed E-state index contributed by atoms with van der Waals surface area (Å²) in [6, 6.07) is 8.93. The van der Waals surface area contributed by atoms with Crippen LogP contribution in [-0.4, -0.2) is 44.3 Å². The van der Waals surface area contributed by atoms with Gasteiger partial charge in [-0.2, -0.15) is 5.10 Å². The van der Waals surface area contributed by atoms with Crippen LogP contribution in [0.4, 0.5) is 9.18 Å². The molecule has 0 aromatic carbocycles. The molecule has 0 radical (unpaired) electrons. The van der Waals surface area contributed by atoms with Gasteiger partial charge in [0, 0.05) is 30.8 Å². The fraction of sp³-hybridized carbons (Fsp3) is 0.409. The van der Waals surface area contributed by atoms with E-state index in [0.717, 1.165) is 23.9 Å². The molecule has 1 unspecified atom stereocenters. The zero-order valence-corrected chi connectivity index (χ0v) is 16.9. The maximum Gasteiger partial charge on any atom is 0.410 e. The van der Waals surface area contributed by atoms with Crippen molar-refractivity contribution >= 4 is 11.6 Å². The van der Waals surface area contributed by atoms with Crippen molar-refractivity contribution in [3.63, 3.8) is 0 Å². The largest absolute Gasteiger partial charge is 0.444 e. The van der Waals surface area contributed by atoms with Gasteiger partial charge in [0.1, 0.15) is 11.4 Å². The van der Waals surface area contributed by atoms with Gasteiger partial charge in [0.15, 0.2) is 0 Å². The number of halogens is 1. The number of piperidine rings is 1. The van der Waals surface area contributed by atoms with E-state index in [2.05, 4.69) is 10.1 Å². The van der Waals surface area contributed by atoms with E-state index < -0.39 is 5.60 Å². The molecule has 1 amide bonds. The standard InChI is InChI=1S/C22H25FN4O2/c1-22(2,3)29-21(28)26-11-6-7-15(14-26)20-17(23)9-10-18(25-20)16-13-24-27-12-5-4-8-19(16)27/h4-5,8-10,12-13,15H,6-7,11,14H2,1-3H3. The van der Waals surface area contributed by atoms with Crippen LogP contribution in [0, 0.1) is 5.82 Å². The molecule has 3 aromatic heterocycles. The Morgan fingerprint density at radius 3 is 2.86 bits per heavy atom. The highest BCUT2D eigenvalue weighted by atomic mass is 19.1. The molecule has 1 saturated heterocycles. The highest BCUT2D eigenvalue weighted by Crippen LogP contribution is 2.31. The van der Waals surface area contributed by atoms with Crippen molar-refractivity contribution in [2.24, 2.45) is 0 Å². The first kappa shape index (κ1) is 19.4. The molecule has 6 nitrogen and oxygen atoms in total. The third-order valence-corrected chi connectivity index (χ3v) is 5.04. The average Bonchev–Trinajstić information content (AvgIpc) is 3.11. The molecule has 0 aliphatic carbocycles. The summed E-state index contributed by atoms with van der Waals surface area (Å²) in [5.41, 5.74) is 2.28. The molecule has 152 valence electrons. The Labute approximate surface area is 169 Å². The Morgan fingerprint density at radius 1 is 1.24 bits per heavy atom. The minimum atomic E-state index is -0.559. The van der Waals surface area contributed by atoms with Gasteiger partial charge in [0.2, 0.25) is 0 Å². The molecule has 1 fully saturated rings. The molecule has 29 heavy (non-hydrogen) atoms. The number of fused-ring (bicyclic) bond motifs is 1. The predicted molar refractivity (Wildman–Crippen MR) is 108 cm³/mol. The van der Waals surface area contributed by atoms with E-state index in [9.17, 15) is 9.18 Å². The van der Waals surface area contributed by atoms with E-state index in [-0.39, 0.29) is 17.8 Å². The van der Waals surface area contributed by atoms with Crippen LogP contribution in [0.5, 0.6) is 0 Å². The summed E-state index contributed by atoms with van der Waals surface area (Å²) >= 11 is 0. The minimum absolute atomic E-state index is 0.168. The summed E-state index contributed by atoms with van der Waals surface area (Å²) in [4.78, 5) is 18.8. The van der Waals surface area contributed by atoms with Gasteiger partial charge in [-0.1, -0.05) is 6.07 Å². The normalized spacial score (nSPS) is 17.5. The van der Waals surface area contributed by atoms with Crippen LogP contribution in [0.15, 0.2) is 42.7 Å². The summed E-state index contributed by atoms with van der Waals surface area (Å²) in [6.07, 6.45) is 4.81. The van der Waals surface area contributed by atoms with Gasteiger partial charge < -0.3 is 9.64 Å². The Hall–Kier alpha value is -2.96. The van der Waals surface area contributed by atoms with Crippen molar-refractivity contribution in [2.75, 3.05) is 13.1 Å². The Kier molecular flexibility index (Phi) is 4.98. The van der Waals surface area contributed by atoms with Crippen molar-refractivity contribution in [3.8, 4) is 11.3 Å². The van der Waals surface area contributed by atoms with Crippen LogP contribution in [0.3, 0.4) is 0 Å². The number of ether oxygens (including phenoxy) is 1. The Balaban J connectivity index is 1.61. The lowest BCUT2D eigenvalue weighted by molar-refractivity contribution is 0.0196. The Morgan fingerprint density at radius 2 is 2.07 bits per heavy atom. The van der Waals surface area contributed by atoms with E-state index in [0.29, 0.717) is 24.5 Å². The number of aromatic nitrogens is 3. The molecule has 7 heteroatoms. The maximum atomic E-state index is 14.7. The van der Waals surface area contributed by atoms with E-state index >= 15 is 0 Å². The van der Waals surface area contributed by atoms with Gasteiger partial charge in [0.25, 0.3) is 0 Å². The van der Waals surface area contributed by atoms with E-state index in [1.54, 1.807) is 21.7 Å². The predicted octanol–water partition coefficient (Wildman–Crippen LogP) is 4.65. The number of pyridine rings is 2. The average molecular weight is 396 g/mol. The number of rotatable bonds is 2. The minimum Gasteiger partial charge on any atom is -0.444 e. The first-order valence-corrected chi connectivity index (χ1v) is 9.89. The van der Waals surface area contributed by atoms with Crippen molar-refractivity contribution in [1.82, 2.24) is 19.5 Å². The van der Waals surface area contributed by atoms with Gasteiger partial charge in [-0.15, -0.1) is 0 Å².